The first kappa shape index (κ1) is 19.0. The van der Waals surface area contributed by atoms with Crippen molar-refractivity contribution in [3.05, 3.63) is 35.7 Å². The maximum absolute atomic E-state index is 13.0. The smallest absolute Gasteiger partial charge is 0.334 e. The molecule has 0 aliphatic carbocycles. The third kappa shape index (κ3) is 3.83. The average molecular weight is 354 g/mol. The third-order valence-corrected chi connectivity index (χ3v) is 3.76. The van der Waals surface area contributed by atoms with Gasteiger partial charge in [-0.3, -0.25) is 4.79 Å². The number of rotatable bonds is 4. The monoisotopic (exact) mass is 354 g/mol. The lowest BCUT2D eigenvalue weighted by atomic mass is 10.0. The Bertz CT molecular complexity index is 757. The highest BCUT2D eigenvalue weighted by Crippen LogP contribution is 2.30. The minimum absolute atomic E-state index is 0.0528. The van der Waals surface area contributed by atoms with Gasteiger partial charge in [0.15, 0.2) is 5.82 Å². The van der Waals surface area contributed by atoms with Crippen molar-refractivity contribution < 1.29 is 18.0 Å². The number of hydrogen-bond donors (Lipinski definition) is 0. The van der Waals surface area contributed by atoms with Crippen molar-refractivity contribution in [2.45, 2.75) is 46.0 Å². The first-order chi connectivity index (χ1) is 11.5. The molecule has 1 heterocycles. The van der Waals surface area contributed by atoms with Crippen LogP contribution in [0.3, 0.4) is 0 Å². The molecule has 8 heteroatoms. The van der Waals surface area contributed by atoms with Crippen LogP contribution in [0.2, 0.25) is 0 Å². The molecular formula is C17H21F3N4O. The summed E-state index contributed by atoms with van der Waals surface area (Å²) in [6, 6.07) is 6.35. The van der Waals surface area contributed by atoms with E-state index in [0.29, 0.717) is 4.68 Å². The molecule has 0 atom stereocenters. The van der Waals surface area contributed by atoms with Crippen molar-refractivity contribution in [2.24, 2.45) is 7.05 Å². The van der Waals surface area contributed by atoms with Gasteiger partial charge in [0.05, 0.1) is 5.56 Å². The summed E-state index contributed by atoms with van der Waals surface area (Å²) in [5.41, 5.74) is 0.564. The molecule has 0 unspecified atom stereocenters. The quantitative estimate of drug-likeness (QED) is 0.840. The molecule has 2 aromatic rings. The predicted molar refractivity (Wildman–Crippen MR) is 87.9 cm³/mol. The Kier molecular flexibility index (Phi) is 5.20. The maximum Gasteiger partial charge on any atom is 0.451 e. The number of aromatic nitrogens is 3. The van der Waals surface area contributed by atoms with Gasteiger partial charge in [-0.15, -0.1) is 0 Å². The second kappa shape index (κ2) is 6.85. The molecule has 136 valence electrons. The van der Waals surface area contributed by atoms with Crippen molar-refractivity contribution in [3.63, 3.8) is 0 Å². The summed E-state index contributed by atoms with van der Waals surface area (Å²) in [6.07, 6.45) is -4.61. The molecule has 2 rings (SSSR count). The van der Waals surface area contributed by atoms with Crippen molar-refractivity contribution in [2.75, 3.05) is 0 Å². The van der Waals surface area contributed by atoms with Gasteiger partial charge in [-0.2, -0.15) is 18.3 Å². The Morgan fingerprint density at radius 1 is 1.12 bits per heavy atom. The fraction of sp³-hybridized carbons (Fsp3) is 0.471. The maximum atomic E-state index is 13.0. The summed E-state index contributed by atoms with van der Waals surface area (Å²) in [7, 11) is 1.18. The van der Waals surface area contributed by atoms with E-state index < -0.39 is 12.0 Å². The van der Waals surface area contributed by atoms with E-state index in [1.54, 1.807) is 29.2 Å². The van der Waals surface area contributed by atoms with Gasteiger partial charge in [0.2, 0.25) is 5.82 Å². The lowest BCUT2D eigenvalue weighted by Crippen LogP contribution is -2.42. The van der Waals surface area contributed by atoms with Gasteiger partial charge in [0, 0.05) is 24.7 Å². The summed E-state index contributed by atoms with van der Waals surface area (Å²) >= 11 is 0. The molecule has 0 radical (unpaired) electrons. The minimum Gasteiger partial charge on any atom is -0.334 e. The number of hydrogen-bond acceptors (Lipinski definition) is 3. The standard InChI is InChI=1S/C17H21F3N4O/c1-10(2)24(11(3)4)15(25)13-9-7-6-8-12(13)14-21-16(17(18,19)20)23(5)22-14/h6-11H,1-5H3. The van der Waals surface area contributed by atoms with E-state index in [1.807, 2.05) is 27.7 Å². The molecule has 0 saturated carbocycles. The average Bonchev–Trinajstić information content (AvgIpc) is 2.88. The Labute approximate surface area is 144 Å². The summed E-state index contributed by atoms with van der Waals surface area (Å²) in [4.78, 5) is 18.2. The van der Waals surface area contributed by atoms with E-state index in [9.17, 15) is 18.0 Å². The molecule has 1 aromatic carbocycles. The fourth-order valence-corrected chi connectivity index (χ4v) is 2.81. The SMILES string of the molecule is CC(C)N(C(=O)c1ccccc1-c1nc(C(F)(F)F)n(C)n1)C(C)C. The van der Waals surface area contributed by atoms with Crippen LogP contribution in [0, 0.1) is 0 Å². The number of nitrogens with zero attached hydrogens (tertiary/aromatic N) is 4. The van der Waals surface area contributed by atoms with Crippen LogP contribution in [0.25, 0.3) is 11.4 Å². The third-order valence-electron chi connectivity index (χ3n) is 3.76. The Morgan fingerprint density at radius 3 is 2.16 bits per heavy atom. The van der Waals surface area contributed by atoms with Crippen molar-refractivity contribution in [1.29, 1.82) is 0 Å². The van der Waals surface area contributed by atoms with Crippen molar-refractivity contribution >= 4 is 5.91 Å². The van der Waals surface area contributed by atoms with Gasteiger partial charge in [0.1, 0.15) is 0 Å². The van der Waals surface area contributed by atoms with Crippen LogP contribution in [0.4, 0.5) is 13.2 Å². The van der Waals surface area contributed by atoms with Crippen LogP contribution in [-0.4, -0.2) is 37.7 Å². The molecule has 0 fully saturated rings. The first-order valence-electron chi connectivity index (χ1n) is 7.94. The second-order valence-corrected chi connectivity index (χ2v) is 6.33. The molecule has 25 heavy (non-hydrogen) atoms. The molecule has 0 aliphatic heterocycles. The lowest BCUT2D eigenvalue weighted by Gasteiger charge is -2.31. The van der Waals surface area contributed by atoms with E-state index in [2.05, 4.69) is 10.1 Å². The molecule has 1 aromatic heterocycles. The van der Waals surface area contributed by atoms with Gasteiger partial charge < -0.3 is 4.90 Å². The van der Waals surface area contributed by atoms with Gasteiger partial charge in [-0.1, -0.05) is 18.2 Å². The van der Waals surface area contributed by atoms with Crippen molar-refractivity contribution in [3.8, 4) is 11.4 Å². The number of carbonyl (C=O) groups excluding carboxylic acids is 1. The highest BCUT2D eigenvalue weighted by molar-refractivity contribution is 6.00. The van der Waals surface area contributed by atoms with Gasteiger partial charge in [-0.05, 0) is 33.8 Å². The number of alkyl halides is 3. The number of benzene rings is 1. The van der Waals surface area contributed by atoms with Crippen LogP contribution < -0.4 is 0 Å². The summed E-state index contributed by atoms with van der Waals surface area (Å²) < 4.78 is 39.6. The normalized spacial score (nSPS) is 12.1. The number of carbonyl (C=O) groups is 1. The molecular weight excluding hydrogens is 333 g/mol. The Morgan fingerprint density at radius 2 is 1.68 bits per heavy atom. The molecule has 1 amide bonds. The number of halogens is 3. The predicted octanol–water partition coefficient (Wildman–Crippen LogP) is 3.76. The molecule has 0 spiro atoms. The summed E-state index contributed by atoms with van der Waals surface area (Å²) in [5, 5.41) is 3.85. The minimum atomic E-state index is -4.61. The largest absolute Gasteiger partial charge is 0.451 e. The van der Waals surface area contributed by atoms with Gasteiger partial charge in [-0.25, -0.2) is 9.67 Å². The first-order valence-corrected chi connectivity index (χ1v) is 7.94. The Hall–Kier alpha value is -2.38. The summed E-state index contributed by atoms with van der Waals surface area (Å²) in [6.45, 7) is 7.56. The zero-order valence-corrected chi connectivity index (χ0v) is 14.8. The van der Waals surface area contributed by atoms with Crippen LogP contribution in [0.1, 0.15) is 43.9 Å². The molecule has 0 aliphatic rings. The van der Waals surface area contributed by atoms with Crippen LogP contribution in [-0.2, 0) is 13.2 Å². The second-order valence-electron chi connectivity index (χ2n) is 6.33. The molecule has 0 N–H and O–H groups in total. The van der Waals surface area contributed by atoms with Gasteiger partial charge in [0.25, 0.3) is 5.91 Å². The zero-order valence-electron chi connectivity index (χ0n) is 14.8. The van der Waals surface area contributed by atoms with E-state index in [0.717, 1.165) is 0 Å². The topological polar surface area (TPSA) is 51.0 Å². The fourth-order valence-electron chi connectivity index (χ4n) is 2.81. The molecule has 0 saturated heterocycles. The highest BCUT2D eigenvalue weighted by Gasteiger charge is 2.37. The summed E-state index contributed by atoms with van der Waals surface area (Å²) in [5.74, 6) is -1.48. The number of aryl methyl sites for hydroxylation is 1. The van der Waals surface area contributed by atoms with E-state index in [1.165, 1.54) is 7.05 Å². The Balaban J connectivity index is 2.54. The zero-order chi connectivity index (χ0) is 18.9. The van der Waals surface area contributed by atoms with Crippen molar-refractivity contribution in [1.82, 2.24) is 19.7 Å². The number of amides is 1. The van der Waals surface area contributed by atoms with Gasteiger partial charge >= 0.3 is 6.18 Å². The molecule has 0 bridgehead atoms. The molecule has 5 nitrogen and oxygen atoms in total. The van der Waals surface area contributed by atoms with E-state index >= 15 is 0 Å². The van der Waals surface area contributed by atoms with Crippen LogP contribution in [0.15, 0.2) is 24.3 Å². The van der Waals surface area contributed by atoms with Crippen LogP contribution in [0.5, 0.6) is 0 Å². The van der Waals surface area contributed by atoms with E-state index in [-0.39, 0.29) is 34.9 Å². The van der Waals surface area contributed by atoms with Crippen LogP contribution >= 0.6 is 0 Å². The lowest BCUT2D eigenvalue weighted by molar-refractivity contribution is -0.147. The highest BCUT2D eigenvalue weighted by atomic mass is 19.4. The van der Waals surface area contributed by atoms with E-state index in [4.69, 9.17) is 0 Å².